The number of carbonyl (C=O) groups excluding carboxylic acids is 2. The highest BCUT2D eigenvalue weighted by molar-refractivity contribution is 6.13. The van der Waals surface area contributed by atoms with Crippen molar-refractivity contribution in [2.24, 2.45) is 0 Å². The second-order valence-corrected chi connectivity index (χ2v) is 9.45. The lowest BCUT2D eigenvalue weighted by Crippen LogP contribution is -2.46. The van der Waals surface area contributed by atoms with E-state index in [1.165, 1.54) is 4.90 Å². The molecular weight excluding hydrogens is 473 g/mol. The number of aromatic nitrogens is 2. The molecule has 0 bridgehead atoms. The first-order valence-corrected chi connectivity index (χ1v) is 12.4. The van der Waals surface area contributed by atoms with Gasteiger partial charge < -0.3 is 15.5 Å². The molecule has 4 heterocycles. The van der Waals surface area contributed by atoms with Crippen LogP contribution in [0.3, 0.4) is 0 Å². The Morgan fingerprint density at radius 3 is 2.65 bits per heavy atom. The molecule has 1 unspecified atom stereocenters. The Kier molecular flexibility index (Phi) is 7.23. The summed E-state index contributed by atoms with van der Waals surface area (Å²) in [5.41, 5.74) is 1.97. The summed E-state index contributed by atoms with van der Waals surface area (Å²) in [6, 6.07) is 14.3. The standard InChI is InChI=1S/C27H28FN7O2/c28-18-14-20(15-29)35(16-18)25(36)17-34-12-8-19(9-13-34)32-23-7-6-22(26-21(23)4-3-11-31-26)27(37)33-24-5-1-2-10-30-24/h1-7,10-11,18-20,32H,8-9,12-14,16-17H2,(H,30,33,37)/t18-,20?/m0/s1. The van der Waals surface area contributed by atoms with Crippen LogP contribution >= 0.6 is 0 Å². The number of likely N-dealkylation sites (tertiary alicyclic amines) is 2. The minimum atomic E-state index is -1.12. The zero-order valence-corrected chi connectivity index (χ0v) is 20.3. The number of fused-ring (bicyclic) bond motifs is 1. The smallest absolute Gasteiger partial charge is 0.259 e. The Morgan fingerprint density at radius 1 is 1.08 bits per heavy atom. The molecule has 0 aliphatic carbocycles. The lowest BCUT2D eigenvalue weighted by atomic mass is 10.0. The quantitative estimate of drug-likeness (QED) is 0.533. The Bertz CT molecular complexity index is 1320. The van der Waals surface area contributed by atoms with Gasteiger partial charge in [0.1, 0.15) is 18.0 Å². The van der Waals surface area contributed by atoms with Crippen LogP contribution in [-0.4, -0.2) is 76.0 Å². The zero-order valence-electron chi connectivity index (χ0n) is 20.3. The number of piperidine rings is 1. The van der Waals surface area contributed by atoms with Gasteiger partial charge in [0.05, 0.1) is 30.2 Å². The van der Waals surface area contributed by atoms with Crippen molar-refractivity contribution in [1.29, 1.82) is 5.26 Å². The van der Waals surface area contributed by atoms with E-state index in [0.29, 0.717) is 30.0 Å². The first-order chi connectivity index (χ1) is 18.0. The third-order valence-electron chi connectivity index (χ3n) is 6.95. The molecule has 2 aromatic heterocycles. The topological polar surface area (TPSA) is 114 Å². The number of nitrogens with zero attached hydrogens (tertiary/aromatic N) is 5. The molecule has 2 atom stereocenters. The zero-order chi connectivity index (χ0) is 25.8. The minimum Gasteiger partial charge on any atom is -0.382 e. The van der Waals surface area contributed by atoms with Crippen molar-refractivity contribution in [2.45, 2.75) is 37.5 Å². The highest BCUT2D eigenvalue weighted by atomic mass is 19.1. The van der Waals surface area contributed by atoms with Crippen LogP contribution in [0.4, 0.5) is 15.9 Å². The fourth-order valence-electron chi connectivity index (χ4n) is 5.02. The van der Waals surface area contributed by atoms with E-state index in [4.69, 9.17) is 0 Å². The normalized spacial score (nSPS) is 20.5. The summed E-state index contributed by atoms with van der Waals surface area (Å²) in [5, 5.41) is 16.5. The first-order valence-electron chi connectivity index (χ1n) is 12.4. The van der Waals surface area contributed by atoms with Gasteiger partial charge in [-0.1, -0.05) is 6.07 Å². The number of alkyl halides is 1. The molecule has 0 saturated carbocycles. The molecule has 2 aliphatic rings. The summed E-state index contributed by atoms with van der Waals surface area (Å²) in [7, 11) is 0. The van der Waals surface area contributed by atoms with Gasteiger partial charge in [0.25, 0.3) is 5.91 Å². The average molecular weight is 502 g/mol. The third kappa shape index (κ3) is 5.52. The van der Waals surface area contributed by atoms with E-state index in [2.05, 4.69) is 25.5 Å². The predicted molar refractivity (Wildman–Crippen MR) is 138 cm³/mol. The average Bonchev–Trinajstić information content (AvgIpc) is 3.31. The van der Waals surface area contributed by atoms with E-state index in [-0.39, 0.29) is 37.4 Å². The molecule has 37 heavy (non-hydrogen) atoms. The largest absolute Gasteiger partial charge is 0.382 e. The van der Waals surface area contributed by atoms with Gasteiger partial charge in [0.15, 0.2) is 0 Å². The van der Waals surface area contributed by atoms with Crippen molar-refractivity contribution in [3.8, 4) is 6.07 Å². The Morgan fingerprint density at radius 2 is 1.89 bits per heavy atom. The summed E-state index contributed by atoms with van der Waals surface area (Å²) < 4.78 is 13.7. The number of nitrogens with one attached hydrogen (secondary N) is 2. The number of hydrogen-bond donors (Lipinski definition) is 2. The predicted octanol–water partition coefficient (Wildman–Crippen LogP) is 3.22. The van der Waals surface area contributed by atoms with Crippen LogP contribution < -0.4 is 10.6 Å². The maximum Gasteiger partial charge on any atom is 0.259 e. The van der Waals surface area contributed by atoms with Crippen molar-refractivity contribution in [2.75, 3.05) is 36.8 Å². The van der Waals surface area contributed by atoms with Gasteiger partial charge in [0.2, 0.25) is 5.91 Å². The molecule has 190 valence electrons. The van der Waals surface area contributed by atoms with Crippen LogP contribution in [-0.2, 0) is 4.79 Å². The Balaban J connectivity index is 1.21. The number of nitriles is 1. The van der Waals surface area contributed by atoms with E-state index in [0.717, 1.165) is 23.9 Å². The van der Waals surface area contributed by atoms with Gasteiger partial charge >= 0.3 is 0 Å². The maximum atomic E-state index is 13.7. The lowest BCUT2D eigenvalue weighted by Gasteiger charge is -2.33. The van der Waals surface area contributed by atoms with Crippen LogP contribution in [0.15, 0.2) is 54.9 Å². The molecule has 2 fully saturated rings. The maximum absolute atomic E-state index is 13.7. The molecule has 0 radical (unpaired) electrons. The molecule has 5 rings (SSSR count). The van der Waals surface area contributed by atoms with Crippen LogP contribution in [0, 0.1) is 11.3 Å². The SMILES string of the molecule is N#CC1C[C@H](F)CN1C(=O)CN1CCC(Nc2ccc(C(=O)Nc3ccccn3)c3ncccc23)CC1. The van der Waals surface area contributed by atoms with Crippen LogP contribution in [0.25, 0.3) is 10.9 Å². The van der Waals surface area contributed by atoms with Gasteiger partial charge in [-0.25, -0.2) is 9.37 Å². The molecule has 0 spiro atoms. The number of pyridine rings is 2. The lowest BCUT2D eigenvalue weighted by molar-refractivity contribution is -0.132. The fourth-order valence-corrected chi connectivity index (χ4v) is 5.02. The number of anilines is 2. The Hall–Kier alpha value is -4.10. The van der Waals surface area contributed by atoms with E-state index in [1.54, 1.807) is 30.6 Å². The van der Waals surface area contributed by atoms with Crippen molar-refractivity contribution in [1.82, 2.24) is 19.8 Å². The first kappa shape index (κ1) is 24.6. The summed E-state index contributed by atoms with van der Waals surface area (Å²) >= 11 is 0. The molecule has 9 nitrogen and oxygen atoms in total. The summed E-state index contributed by atoms with van der Waals surface area (Å²) in [6.07, 6.45) is 3.91. The second kappa shape index (κ2) is 10.9. The van der Waals surface area contributed by atoms with E-state index < -0.39 is 12.2 Å². The molecule has 2 saturated heterocycles. The van der Waals surface area contributed by atoms with Gasteiger partial charge in [-0.2, -0.15) is 5.26 Å². The summed E-state index contributed by atoms with van der Waals surface area (Å²) in [6.45, 7) is 1.64. The van der Waals surface area contributed by atoms with Crippen molar-refractivity contribution >= 4 is 34.2 Å². The molecule has 2 aliphatic heterocycles. The number of amides is 2. The van der Waals surface area contributed by atoms with E-state index in [1.807, 2.05) is 30.3 Å². The number of hydrogen-bond acceptors (Lipinski definition) is 7. The minimum absolute atomic E-state index is 0.00602. The van der Waals surface area contributed by atoms with Crippen molar-refractivity contribution < 1.29 is 14.0 Å². The number of carbonyl (C=O) groups is 2. The van der Waals surface area contributed by atoms with E-state index in [9.17, 15) is 19.2 Å². The van der Waals surface area contributed by atoms with Crippen molar-refractivity contribution in [3.05, 3.63) is 60.4 Å². The number of rotatable bonds is 6. The van der Waals surface area contributed by atoms with Gasteiger partial charge in [-0.3, -0.25) is 19.5 Å². The van der Waals surface area contributed by atoms with Crippen LogP contribution in [0.1, 0.15) is 29.6 Å². The molecular formula is C27H28FN7O2. The fraction of sp³-hybridized carbons (Fsp3) is 0.370. The highest BCUT2D eigenvalue weighted by Crippen LogP contribution is 2.28. The van der Waals surface area contributed by atoms with Gasteiger partial charge in [0, 0.05) is 49.0 Å². The molecule has 3 aromatic rings. The van der Waals surface area contributed by atoms with Crippen LogP contribution in [0.2, 0.25) is 0 Å². The number of benzene rings is 1. The third-order valence-corrected chi connectivity index (χ3v) is 6.95. The Labute approximate surface area is 214 Å². The second-order valence-electron chi connectivity index (χ2n) is 9.45. The van der Waals surface area contributed by atoms with E-state index >= 15 is 0 Å². The highest BCUT2D eigenvalue weighted by Gasteiger charge is 2.36. The van der Waals surface area contributed by atoms with Crippen molar-refractivity contribution in [3.63, 3.8) is 0 Å². The molecule has 2 amide bonds. The molecule has 10 heteroatoms. The van der Waals surface area contributed by atoms with Crippen LogP contribution in [0.5, 0.6) is 0 Å². The number of halogens is 1. The monoisotopic (exact) mass is 501 g/mol. The van der Waals surface area contributed by atoms with Gasteiger partial charge in [-0.05, 0) is 49.2 Å². The molecule has 1 aromatic carbocycles. The summed E-state index contributed by atoms with van der Waals surface area (Å²) in [4.78, 5) is 37.6. The molecule has 2 N–H and O–H groups in total. The van der Waals surface area contributed by atoms with Gasteiger partial charge in [-0.15, -0.1) is 0 Å². The summed E-state index contributed by atoms with van der Waals surface area (Å²) in [5.74, 6) is 0.0128.